The van der Waals surface area contributed by atoms with Gasteiger partial charge >= 0.3 is 66.7 Å². The van der Waals surface area contributed by atoms with Crippen LogP contribution in [0.1, 0.15) is 0 Å². The molecule has 1 heterocycles. The van der Waals surface area contributed by atoms with Crippen LogP contribution in [0.5, 0.6) is 0 Å². The average Bonchev–Trinajstić information content (AvgIpc) is 2.53. The summed E-state index contributed by atoms with van der Waals surface area (Å²) in [5.74, 6) is 0. The number of halogens is 4. The SMILES string of the molecule is C=CC[N+]1(CC=C)CC[N+](CC=C)(CC=C)CC1.[Cl][Cu-][Cl].[Cl][Cu-][Cl]. The van der Waals surface area contributed by atoms with E-state index in [1.807, 2.05) is 24.3 Å². The van der Waals surface area contributed by atoms with E-state index in [0.717, 1.165) is 61.4 Å². The van der Waals surface area contributed by atoms with Crippen molar-refractivity contribution >= 4 is 40.4 Å². The molecular weight excluding hydrogens is 489 g/mol. The summed E-state index contributed by atoms with van der Waals surface area (Å²) in [6, 6.07) is 0. The molecule has 0 atom stereocenters. The van der Waals surface area contributed by atoms with E-state index < -0.39 is 0 Å². The Hall–Kier alpha value is 1.08. The number of piperazine rings is 1. The van der Waals surface area contributed by atoms with E-state index in [4.69, 9.17) is 0 Å². The molecule has 8 heteroatoms. The van der Waals surface area contributed by atoms with Crippen molar-refractivity contribution in [2.75, 3.05) is 52.4 Å². The van der Waals surface area contributed by atoms with Crippen LogP contribution in [0.2, 0.25) is 0 Å². The van der Waals surface area contributed by atoms with Crippen LogP contribution in [0.3, 0.4) is 0 Å². The zero-order valence-electron chi connectivity index (χ0n) is 13.8. The van der Waals surface area contributed by atoms with Crippen LogP contribution in [-0.4, -0.2) is 61.3 Å². The molecule has 24 heavy (non-hydrogen) atoms. The molecule has 0 unspecified atom stereocenters. The second kappa shape index (κ2) is 17.5. The third kappa shape index (κ3) is 11.6. The molecule has 0 aromatic rings. The van der Waals surface area contributed by atoms with Gasteiger partial charge in [0, 0.05) is 0 Å². The van der Waals surface area contributed by atoms with E-state index >= 15 is 0 Å². The van der Waals surface area contributed by atoms with E-state index in [2.05, 4.69) is 66.7 Å². The molecule has 0 saturated carbocycles. The van der Waals surface area contributed by atoms with E-state index in [1.165, 1.54) is 26.2 Å². The number of quaternary nitrogens is 2. The number of hydrogen-bond acceptors (Lipinski definition) is 0. The van der Waals surface area contributed by atoms with Crippen LogP contribution < -0.4 is 0 Å². The zero-order valence-corrected chi connectivity index (χ0v) is 18.7. The van der Waals surface area contributed by atoms with E-state index in [-0.39, 0.29) is 0 Å². The molecule has 1 fully saturated rings. The van der Waals surface area contributed by atoms with Gasteiger partial charge in [0.15, 0.2) is 0 Å². The van der Waals surface area contributed by atoms with Crippen LogP contribution >= 0.6 is 40.4 Å². The van der Waals surface area contributed by atoms with Crippen molar-refractivity contribution in [3.8, 4) is 0 Å². The Morgan fingerprint density at radius 2 is 0.750 bits per heavy atom. The van der Waals surface area contributed by atoms with E-state index in [1.54, 1.807) is 0 Å². The Bertz CT molecular complexity index is 302. The predicted molar refractivity (Wildman–Crippen MR) is 104 cm³/mol. The molecule has 0 bridgehead atoms. The van der Waals surface area contributed by atoms with Crippen LogP contribution in [0.25, 0.3) is 0 Å². The van der Waals surface area contributed by atoms with Crippen molar-refractivity contribution < 1.29 is 35.2 Å². The summed E-state index contributed by atoms with van der Waals surface area (Å²) in [5.41, 5.74) is 0. The van der Waals surface area contributed by atoms with E-state index in [9.17, 15) is 0 Å². The van der Waals surface area contributed by atoms with Gasteiger partial charge in [-0.3, -0.25) is 0 Å². The van der Waals surface area contributed by atoms with Crippen LogP contribution in [0.15, 0.2) is 50.6 Å². The molecule has 0 radical (unpaired) electrons. The van der Waals surface area contributed by atoms with Crippen molar-refractivity contribution in [1.82, 2.24) is 0 Å². The van der Waals surface area contributed by atoms with E-state index in [0.29, 0.717) is 0 Å². The van der Waals surface area contributed by atoms with Crippen LogP contribution in [0, 0.1) is 0 Å². The topological polar surface area (TPSA) is 0 Å². The van der Waals surface area contributed by atoms with Gasteiger partial charge in [0.25, 0.3) is 0 Å². The molecule has 2 nitrogen and oxygen atoms in total. The minimum atomic E-state index is 0.757. The van der Waals surface area contributed by atoms with Gasteiger partial charge in [-0.05, 0) is 24.3 Å². The molecule has 0 spiro atoms. The van der Waals surface area contributed by atoms with Crippen molar-refractivity contribution in [3.05, 3.63) is 50.6 Å². The van der Waals surface area contributed by atoms with Gasteiger partial charge < -0.3 is 8.97 Å². The standard InChI is InChI=1S/C16H28N2.4ClH.2Cu/c1-5-9-17(10-6-2)13-15-18(11-7-3,12-8-4)16-14-17;;;;;;/h5-8H,1-4,9-16H2;4*1H;;/q+2;;;;;2*+1/p-4. The first-order valence-corrected chi connectivity index (χ1v) is 12.4. The fourth-order valence-corrected chi connectivity index (χ4v) is 3.05. The molecule has 1 aliphatic rings. The molecule has 0 amide bonds. The van der Waals surface area contributed by atoms with Gasteiger partial charge in [0.1, 0.15) is 26.2 Å². The first kappa shape index (κ1) is 27.3. The maximum absolute atomic E-state index is 4.67. The molecular formula is C16H28Cl4Cu2N2. The van der Waals surface area contributed by atoms with Crippen LogP contribution in [-0.2, 0) is 26.3 Å². The average molecular weight is 517 g/mol. The third-order valence-corrected chi connectivity index (χ3v) is 4.16. The molecule has 152 valence electrons. The van der Waals surface area contributed by atoms with Crippen LogP contribution in [0.4, 0.5) is 0 Å². The van der Waals surface area contributed by atoms with Gasteiger partial charge in [0.2, 0.25) is 0 Å². The second-order valence-corrected chi connectivity index (χ2v) is 8.66. The van der Waals surface area contributed by atoms with Crippen molar-refractivity contribution in [2.45, 2.75) is 0 Å². The normalized spacial score (nSPS) is 17.5. The zero-order chi connectivity index (χ0) is 18.9. The Morgan fingerprint density at radius 3 is 0.875 bits per heavy atom. The maximum atomic E-state index is 4.67. The first-order valence-electron chi connectivity index (χ1n) is 7.25. The van der Waals surface area contributed by atoms with Crippen molar-refractivity contribution in [2.24, 2.45) is 0 Å². The molecule has 0 aromatic carbocycles. The summed E-state index contributed by atoms with van der Waals surface area (Å²) in [4.78, 5) is 0. The van der Waals surface area contributed by atoms with Crippen molar-refractivity contribution in [1.29, 1.82) is 0 Å². The monoisotopic (exact) mass is 514 g/mol. The van der Waals surface area contributed by atoms with Gasteiger partial charge in [-0.1, -0.05) is 26.3 Å². The molecule has 1 aliphatic heterocycles. The molecule has 1 saturated heterocycles. The summed E-state index contributed by atoms with van der Waals surface area (Å²) < 4.78 is 2.22. The predicted octanol–water partition coefficient (Wildman–Crippen LogP) is 5.13. The summed E-state index contributed by atoms with van der Waals surface area (Å²) in [6.07, 6.45) is 8.18. The van der Waals surface area contributed by atoms with Gasteiger partial charge in [-0.2, -0.15) is 0 Å². The number of nitrogens with zero attached hydrogens (tertiary/aromatic N) is 2. The number of rotatable bonds is 8. The second-order valence-electron chi connectivity index (χ2n) is 5.55. The molecule has 0 N–H and O–H groups in total. The third-order valence-electron chi connectivity index (χ3n) is 4.16. The Morgan fingerprint density at radius 1 is 0.583 bits per heavy atom. The fourth-order valence-electron chi connectivity index (χ4n) is 3.05. The molecule has 0 aromatic heterocycles. The minimum absolute atomic E-state index is 0.757. The quantitative estimate of drug-likeness (QED) is 0.238. The van der Waals surface area contributed by atoms with Gasteiger partial charge in [-0.15, -0.1) is 0 Å². The molecule has 1 rings (SSSR count). The van der Waals surface area contributed by atoms with Crippen molar-refractivity contribution in [3.63, 3.8) is 0 Å². The molecule has 0 aliphatic carbocycles. The fraction of sp³-hybridized carbons (Fsp3) is 0.500. The summed E-state index contributed by atoms with van der Waals surface area (Å²) in [6.45, 7) is 24.6. The Kier molecular flexibility index (Phi) is 19.9. The summed E-state index contributed by atoms with van der Waals surface area (Å²) in [7, 11) is 18.7. The summed E-state index contributed by atoms with van der Waals surface area (Å²) >= 11 is 1.51. The Balaban J connectivity index is 0. The first-order chi connectivity index (χ1) is 11.5. The van der Waals surface area contributed by atoms with Gasteiger partial charge in [-0.25, -0.2) is 0 Å². The Labute approximate surface area is 177 Å². The summed E-state index contributed by atoms with van der Waals surface area (Å²) in [5, 5.41) is 0. The number of hydrogen-bond donors (Lipinski definition) is 0. The van der Waals surface area contributed by atoms with Gasteiger partial charge in [0.05, 0.1) is 26.2 Å².